The third kappa shape index (κ3) is 8.18. The third-order valence-electron chi connectivity index (χ3n) is 2.46. The van der Waals surface area contributed by atoms with Crippen molar-refractivity contribution < 1.29 is 43.0 Å². The predicted octanol–water partition coefficient (Wildman–Crippen LogP) is -2.91. The quantitative estimate of drug-likeness (QED) is 0.426. The number of benzene rings is 1. The van der Waals surface area contributed by atoms with Crippen LogP contribution in [0.4, 0.5) is 0 Å². The van der Waals surface area contributed by atoms with Crippen molar-refractivity contribution in [2.45, 2.75) is 6.42 Å². The summed E-state index contributed by atoms with van der Waals surface area (Å²) in [5.74, 6) is 0.441. The number of carbonyl (C=O) groups is 1. The van der Waals surface area contributed by atoms with Crippen molar-refractivity contribution in [1.82, 2.24) is 0 Å². The van der Waals surface area contributed by atoms with E-state index >= 15 is 0 Å². The van der Waals surface area contributed by atoms with Crippen LogP contribution in [0.2, 0.25) is 0 Å². The Morgan fingerprint density at radius 3 is 2.24 bits per heavy atom. The molecule has 1 aliphatic heterocycles. The van der Waals surface area contributed by atoms with Gasteiger partial charge in [-0.15, -0.1) is 10.2 Å². The van der Waals surface area contributed by atoms with Gasteiger partial charge in [0.05, 0.1) is 12.0 Å². The number of ether oxygens (including phenoxy) is 1. The molecule has 0 radical (unpaired) electrons. The number of rotatable bonds is 2. The van der Waals surface area contributed by atoms with Gasteiger partial charge in [-0.2, -0.15) is 0 Å². The first-order chi connectivity index (χ1) is 9.75. The molecule has 0 amide bonds. The highest BCUT2D eigenvalue weighted by molar-refractivity contribution is 5.90. The van der Waals surface area contributed by atoms with Gasteiger partial charge in [0, 0.05) is 6.08 Å². The van der Waals surface area contributed by atoms with E-state index < -0.39 is 10.2 Å². The lowest BCUT2D eigenvalue weighted by Gasteiger charge is -2.17. The van der Waals surface area contributed by atoms with Gasteiger partial charge in [0.1, 0.15) is 19.4 Å². The largest absolute Gasteiger partial charge is 0.427 e. The van der Waals surface area contributed by atoms with Crippen molar-refractivity contribution in [3.05, 3.63) is 47.7 Å². The summed E-state index contributed by atoms with van der Waals surface area (Å²) in [6, 6.07) is 9.03. The van der Waals surface area contributed by atoms with E-state index in [4.69, 9.17) is 23.4 Å². The van der Waals surface area contributed by atoms with Crippen LogP contribution in [-0.4, -0.2) is 30.4 Å². The fraction of sp³-hybridized carbons (Fsp3) is 0.231. The maximum absolute atomic E-state index is 11.7. The molecule has 0 saturated heterocycles. The van der Waals surface area contributed by atoms with E-state index in [0.29, 0.717) is 5.56 Å². The van der Waals surface area contributed by atoms with Crippen molar-refractivity contribution in [3.8, 4) is 0 Å². The average molecular weight is 316 g/mol. The van der Waals surface area contributed by atoms with Gasteiger partial charge < -0.3 is 4.74 Å². The van der Waals surface area contributed by atoms with Gasteiger partial charge in [-0.1, -0.05) is 18.2 Å². The summed E-state index contributed by atoms with van der Waals surface area (Å²) in [6.45, 7) is 0.883. The molecule has 0 saturated carbocycles. The van der Waals surface area contributed by atoms with Gasteiger partial charge in [-0.05, 0) is 12.1 Å². The summed E-state index contributed by atoms with van der Waals surface area (Å²) in [5, 5.41) is 0. The Morgan fingerprint density at radius 2 is 1.76 bits per heavy atom. The van der Waals surface area contributed by atoms with Crippen LogP contribution in [0, 0.1) is 10.2 Å². The lowest BCUT2D eigenvalue weighted by Crippen LogP contribution is -2.68. The zero-order valence-electron chi connectivity index (χ0n) is 11.2. The summed E-state index contributed by atoms with van der Waals surface area (Å²) in [6.07, 6.45) is 4.52. The van der Waals surface area contributed by atoms with Crippen molar-refractivity contribution in [2.75, 3.05) is 13.6 Å². The van der Waals surface area contributed by atoms with Gasteiger partial charge in [0.25, 0.3) is 0 Å². The standard InChI is InChI=1S/C13H14NO2.ClHO4/c1-14-9-7-12(8-10-14)16-13(15)11-5-3-2-4-6-11;2-1(3,4)5/h2-7,9H,8,10H2,1H3;(H,2,3,4,5)/q+1;/p-1. The molecule has 114 valence electrons. The molecule has 1 heterocycles. The fourth-order valence-corrected chi connectivity index (χ4v) is 1.49. The Morgan fingerprint density at radius 1 is 1.19 bits per heavy atom. The van der Waals surface area contributed by atoms with E-state index in [9.17, 15) is 4.79 Å². The highest BCUT2D eigenvalue weighted by Crippen LogP contribution is 2.10. The molecule has 1 aliphatic rings. The maximum Gasteiger partial charge on any atom is 0.343 e. The Kier molecular flexibility index (Phi) is 6.47. The molecule has 0 bridgehead atoms. The molecule has 8 heteroatoms. The molecule has 0 spiro atoms. The monoisotopic (exact) mass is 315 g/mol. The Bertz CT molecular complexity index is 529. The van der Waals surface area contributed by atoms with Gasteiger partial charge in [0.2, 0.25) is 0 Å². The predicted molar refractivity (Wildman–Crippen MR) is 61.7 cm³/mol. The van der Waals surface area contributed by atoms with E-state index in [1.165, 1.54) is 0 Å². The van der Waals surface area contributed by atoms with E-state index in [1.54, 1.807) is 12.1 Å². The van der Waals surface area contributed by atoms with E-state index in [0.717, 1.165) is 18.7 Å². The lowest BCUT2D eigenvalue weighted by molar-refractivity contribution is -2.00. The second kappa shape index (κ2) is 7.87. The first-order valence-corrected chi connectivity index (χ1v) is 7.12. The average Bonchev–Trinajstić information content (AvgIpc) is 2.40. The number of carbonyl (C=O) groups excluding carboxylic acids is 1. The van der Waals surface area contributed by atoms with Crippen LogP contribution < -0.4 is 18.6 Å². The molecule has 0 unspecified atom stereocenters. The highest BCUT2D eigenvalue weighted by atomic mass is 35.7. The maximum atomic E-state index is 11.7. The normalized spacial score (nSPS) is 14.3. The van der Waals surface area contributed by atoms with Gasteiger partial charge in [-0.25, -0.2) is 28.0 Å². The van der Waals surface area contributed by atoms with Crippen LogP contribution in [0.25, 0.3) is 0 Å². The summed E-state index contributed by atoms with van der Waals surface area (Å²) in [7, 11) is -2.95. The number of halogens is 1. The molecular formula is C13H14ClNO6. The number of allylic oxidation sites excluding steroid dienone is 1. The molecular weight excluding hydrogens is 302 g/mol. The SMILES string of the molecule is C[N+]1=CC=C(OC(=O)c2ccccc2)CC1.[O-][Cl+3]([O-])([O-])[O-]. The van der Waals surface area contributed by atoms with Crippen molar-refractivity contribution in [1.29, 1.82) is 0 Å². The number of nitrogens with zero attached hydrogens (tertiary/aromatic N) is 1. The molecule has 0 fully saturated rings. The molecule has 2 rings (SSSR count). The molecule has 0 aromatic heterocycles. The topological polar surface area (TPSA) is 122 Å². The van der Waals surface area contributed by atoms with Crippen LogP contribution in [0.15, 0.2) is 42.2 Å². The minimum absolute atomic E-state index is 0.287. The second-order valence-corrected chi connectivity index (χ2v) is 4.90. The van der Waals surface area contributed by atoms with Crippen LogP contribution in [0.1, 0.15) is 16.8 Å². The fourth-order valence-electron chi connectivity index (χ4n) is 1.49. The first kappa shape index (κ1) is 17.3. The van der Waals surface area contributed by atoms with E-state index in [1.807, 2.05) is 37.5 Å². The lowest BCUT2D eigenvalue weighted by atomic mass is 10.2. The minimum atomic E-state index is -4.94. The zero-order chi connectivity index (χ0) is 15.9. The van der Waals surface area contributed by atoms with Gasteiger partial charge in [-0.3, -0.25) is 0 Å². The Labute approximate surface area is 123 Å². The van der Waals surface area contributed by atoms with E-state index in [2.05, 4.69) is 4.58 Å². The summed E-state index contributed by atoms with van der Waals surface area (Å²) < 4.78 is 41.3. The molecule has 0 N–H and O–H groups in total. The Balaban J connectivity index is 0.000000383. The van der Waals surface area contributed by atoms with Crippen LogP contribution in [0.5, 0.6) is 0 Å². The molecule has 0 aliphatic carbocycles. The third-order valence-corrected chi connectivity index (χ3v) is 2.46. The van der Waals surface area contributed by atoms with E-state index in [-0.39, 0.29) is 5.97 Å². The summed E-state index contributed by atoms with van der Waals surface area (Å²) >= 11 is 0. The minimum Gasteiger partial charge on any atom is -0.427 e. The molecule has 0 atom stereocenters. The molecule has 1 aromatic carbocycles. The highest BCUT2D eigenvalue weighted by Gasteiger charge is 2.13. The summed E-state index contributed by atoms with van der Waals surface area (Å²) in [5.41, 5.74) is 0.585. The van der Waals surface area contributed by atoms with Crippen molar-refractivity contribution in [2.24, 2.45) is 0 Å². The van der Waals surface area contributed by atoms with Crippen LogP contribution in [0.3, 0.4) is 0 Å². The Hall–Kier alpha value is -1.77. The van der Waals surface area contributed by atoms with Gasteiger partial charge >= 0.3 is 5.97 Å². The van der Waals surface area contributed by atoms with Crippen LogP contribution >= 0.6 is 0 Å². The molecule has 21 heavy (non-hydrogen) atoms. The second-order valence-electron chi connectivity index (χ2n) is 4.15. The number of esters is 1. The van der Waals surface area contributed by atoms with Crippen LogP contribution in [-0.2, 0) is 4.74 Å². The molecule has 1 aromatic rings. The summed E-state index contributed by atoms with van der Waals surface area (Å²) in [4.78, 5) is 11.7. The number of hydrogen-bond donors (Lipinski definition) is 0. The van der Waals surface area contributed by atoms with Gasteiger partial charge in [0.15, 0.2) is 6.21 Å². The zero-order valence-corrected chi connectivity index (χ0v) is 12.0. The van der Waals surface area contributed by atoms with Crippen molar-refractivity contribution in [3.63, 3.8) is 0 Å². The van der Waals surface area contributed by atoms with Crippen molar-refractivity contribution >= 4 is 12.2 Å². The molecule has 7 nitrogen and oxygen atoms in total. The smallest absolute Gasteiger partial charge is 0.343 e. The number of hydrogen-bond acceptors (Lipinski definition) is 6. The first-order valence-electron chi connectivity index (χ1n) is 5.89.